The summed E-state index contributed by atoms with van der Waals surface area (Å²) in [7, 11) is -2.53. The lowest BCUT2D eigenvalue weighted by Crippen LogP contribution is -2.15. The topological polar surface area (TPSA) is 110 Å². The number of hydrogen-bond acceptors (Lipinski definition) is 6. The van der Waals surface area contributed by atoms with Gasteiger partial charge in [0, 0.05) is 27.2 Å². The number of halogens is 1. The lowest BCUT2D eigenvalue weighted by molar-refractivity contribution is 0.102. The van der Waals surface area contributed by atoms with E-state index >= 15 is 0 Å². The highest BCUT2D eigenvalue weighted by Gasteiger charge is 2.18. The summed E-state index contributed by atoms with van der Waals surface area (Å²) in [6.45, 7) is 0. The second-order valence-electron chi connectivity index (χ2n) is 5.51. The Hall–Kier alpha value is -2.73. The van der Waals surface area contributed by atoms with Gasteiger partial charge in [-0.2, -0.15) is 0 Å². The zero-order valence-electron chi connectivity index (χ0n) is 14.6. The summed E-state index contributed by atoms with van der Waals surface area (Å²) in [5.74, 6) is -0.231. The first-order valence-corrected chi connectivity index (χ1v) is 10.5. The van der Waals surface area contributed by atoms with Crippen molar-refractivity contribution in [3.05, 3.63) is 70.1 Å². The molecule has 144 valence electrons. The SMILES string of the molecule is COc1nccnc1NS(=O)(=O)c1ccc(NC(=O)c2cccc(I)c2)cc1. The summed E-state index contributed by atoms with van der Waals surface area (Å²) >= 11 is 2.12. The summed E-state index contributed by atoms with van der Waals surface area (Å²) in [5.41, 5.74) is 0.986. The van der Waals surface area contributed by atoms with Crippen LogP contribution >= 0.6 is 22.6 Å². The van der Waals surface area contributed by atoms with E-state index in [2.05, 4.69) is 42.6 Å². The fourth-order valence-electron chi connectivity index (χ4n) is 2.28. The van der Waals surface area contributed by atoms with Gasteiger partial charge in [0.05, 0.1) is 12.0 Å². The maximum Gasteiger partial charge on any atom is 0.263 e. The van der Waals surface area contributed by atoms with Crippen LogP contribution in [-0.4, -0.2) is 31.4 Å². The maximum atomic E-state index is 12.5. The van der Waals surface area contributed by atoms with Gasteiger partial charge >= 0.3 is 0 Å². The quantitative estimate of drug-likeness (QED) is 0.494. The number of hydrogen-bond donors (Lipinski definition) is 2. The van der Waals surface area contributed by atoms with Crippen molar-refractivity contribution in [3.63, 3.8) is 0 Å². The molecule has 0 saturated carbocycles. The van der Waals surface area contributed by atoms with Crippen LogP contribution in [0.2, 0.25) is 0 Å². The standard InChI is InChI=1S/C18H15IN4O4S/c1-27-18-16(20-9-10-21-18)23-28(25,26)15-7-5-14(6-8-15)22-17(24)12-3-2-4-13(19)11-12/h2-11H,1H3,(H,20,23)(H,22,24). The molecule has 2 aromatic carbocycles. The van der Waals surface area contributed by atoms with Gasteiger partial charge in [-0.3, -0.25) is 9.52 Å². The number of ether oxygens (including phenoxy) is 1. The Balaban J connectivity index is 1.75. The molecule has 0 saturated heterocycles. The molecule has 3 aromatic rings. The van der Waals surface area contributed by atoms with Crippen molar-refractivity contribution in [2.45, 2.75) is 4.90 Å². The van der Waals surface area contributed by atoms with Crippen LogP contribution in [0.15, 0.2) is 65.8 Å². The first-order valence-electron chi connectivity index (χ1n) is 7.94. The summed E-state index contributed by atoms with van der Waals surface area (Å²) in [6.07, 6.45) is 2.74. The van der Waals surface area contributed by atoms with E-state index < -0.39 is 10.0 Å². The molecule has 10 heteroatoms. The molecule has 2 N–H and O–H groups in total. The van der Waals surface area contributed by atoms with Crippen molar-refractivity contribution in [2.75, 3.05) is 17.1 Å². The van der Waals surface area contributed by atoms with Gasteiger partial charge in [-0.25, -0.2) is 18.4 Å². The first-order chi connectivity index (χ1) is 13.4. The molecule has 0 bridgehead atoms. The molecule has 0 aliphatic carbocycles. The Morgan fingerprint density at radius 2 is 1.79 bits per heavy atom. The maximum absolute atomic E-state index is 12.5. The van der Waals surface area contributed by atoms with Crippen molar-refractivity contribution in [1.29, 1.82) is 0 Å². The Labute approximate surface area is 175 Å². The van der Waals surface area contributed by atoms with E-state index in [4.69, 9.17) is 4.74 Å². The largest absolute Gasteiger partial charge is 0.478 e. The van der Waals surface area contributed by atoms with Crippen LogP contribution < -0.4 is 14.8 Å². The number of amides is 1. The number of methoxy groups -OCH3 is 1. The number of benzene rings is 2. The summed E-state index contributed by atoms with van der Waals surface area (Å²) in [6, 6.07) is 12.9. The number of aromatic nitrogens is 2. The van der Waals surface area contributed by atoms with Crippen molar-refractivity contribution < 1.29 is 17.9 Å². The second-order valence-corrected chi connectivity index (χ2v) is 8.44. The van der Waals surface area contributed by atoms with Gasteiger partial charge in [0.15, 0.2) is 0 Å². The molecular weight excluding hydrogens is 495 g/mol. The van der Waals surface area contributed by atoms with Gasteiger partial charge in [0.25, 0.3) is 21.8 Å². The highest BCUT2D eigenvalue weighted by Crippen LogP contribution is 2.22. The van der Waals surface area contributed by atoms with Gasteiger partial charge in [-0.05, 0) is 65.1 Å². The van der Waals surface area contributed by atoms with E-state index in [1.807, 2.05) is 6.07 Å². The fourth-order valence-corrected chi connectivity index (χ4v) is 3.83. The number of nitrogens with zero attached hydrogens (tertiary/aromatic N) is 2. The molecule has 1 heterocycles. The number of anilines is 2. The third-order valence-corrected chi connectivity index (χ3v) is 5.62. The molecule has 0 atom stereocenters. The number of carbonyl (C=O) groups excluding carboxylic acids is 1. The summed E-state index contributed by atoms with van der Waals surface area (Å²) in [4.78, 5) is 20.1. The molecule has 0 unspecified atom stereocenters. The monoisotopic (exact) mass is 510 g/mol. The molecule has 0 aliphatic rings. The van der Waals surface area contributed by atoms with Crippen molar-refractivity contribution >= 4 is 50.0 Å². The number of rotatable bonds is 6. The third-order valence-electron chi connectivity index (χ3n) is 3.60. The molecule has 1 aromatic heterocycles. The Bertz CT molecular complexity index is 1100. The predicted octanol–water partition coefficient (Wildman–Crippen LogP) is 3.14. The molecule has 3 rings (SSSR count). The van der Waals surface area contributed by atoms with Crippen LogP contribution in [0.25, 0.3) is 0 Å². The first kappa shape index (κ1) is 20.0. The Morgan fingerprint density at radius 3 is 2.46 bits per heavy atom. The fraction of sp³-hybridized carbons (Fsp3) is 0.0556. The smallest absolute Gasteiger partial charge is 0.263 e. The van der Waals surface area contributed by atoms with Gasteiger partial charge in [-0.15, -0.1) is 0 Å². The van der Waals surface area contributed by atoms with Crippen molar-refractivity contribution in [1.82, 2.24) is 9.97 Å². The van der Waals surface area contributed by atoms with Crippen LogP contribution in [0.5, 0.6) is 5.88 Å². The van der Waals surface area contributed by atoms with E-state index in [0.717, 1.165) is 3.57 Å². The molecular formula is C18H15IN4O4S. The zero-order valence-corrected chi connectivity index (χ0v) is 17.6. The van der Waals surface area contributed by atoms with Crippen molar-refractivity contribution in [2.24, 2.45) is 0 Å². The highest BCUT2D eigenvalue weighted by molar-refractivity contribution is 14.1. The lowest BCUT2D eigenvalue weighted by Gasteiger charge is -2.10. The minimum absolute atomic E-state index is 0.00691. The van der Waals surface area contributed by atoms with Crippen LogP contribution in [0.1, 0.15) is 10.4 Å². The van der Waals surface area contributed by atoms with E-state index in [0.29, 0.717) is 11.3 Å². The average Bonchev–Trinajstić information content (AvgIpc) is 2.68. The van der Waals surface area contributed by atoms with Gasteiger partial charge in [-0.1, -0.05) is 6.07 Å². The van der Waals surface area contributed by atoms with Crippen molar-refractivity contribution in [3.8, 4) is 5.88 Å². The van der Waals surface area contributed by atoms with E-state index in [1.165, 1.54) is 43.8 Å². The highest BCUT2D eigenvalue weighted by atomic mass is 127. The molecule has 0 radical (unpaired) electrons. The zero-order chi connectivity index (χ0) is 20.1. The van der Waals surface area contributed by atoms with E-state index in [9.17, 15) is 13.2 Å². The van der Waals surface area contributed by atoms with Crippen LogP contribution in [0, 0.1) is 3.57 Å². The van der Waals surface area contributed by atoms with Gasteiger partial charge < -0.3 is 10.1 Å². The van der Waals surface area contributed by atoms with Gasteiger partial charge in [0.2, 0.25) is 5.82 Å². The third kappa shape index (κ3) is 4.75. The van der Waals surface area contributed by atoms with Crippen LogP contribution in [0.4, 0.5) is 11.5 Å². The molecule has 8 nitrogen and oxygen atoms in total. The number of sulfonamides is 1. The minimum atomic E-state index is -3.90. The molecule has 0 spiro atoms. The summed E-state index contributed by atoms with van der Waals surface area (Å²) < 4.78 is 33.3. The predicted molar refractivity (Wildman–Crippen MR) is 113 cm³/mol. The number of nitrogens with one attached hydrogen (secondary N) is 2. The molecule has 1 amide bonds. The summed E-state index contributed by atoms with van der Waals surface area (Å²) in [5, 5.41) is 2.73. The molecule has 0 fully saturated rings. The van der Waals surface area contributed by atoms with Crippen LogP contribution in [-0.2, 0) is 10.0 Å². The Kier molecular flexibility index (Phi) is 6.09. The second kappa shape index (κ2) is 8.52. The van der Waals surface area contributed by atoms with Gasteiger partial charge in [0.1, 0.15) is 0 Å². The molecule has 28 heavy (non-hydrogen) atoms. The molecule has 0 aliphatic heterocycles. The minimum Gasteiger partial charge on any atom is -0.478 e. The average molecular weight is 510 g/mol. The van der Waals surface area contributed by atoms with E-state index in [1.54, 1.807) is 18.2 Å². The lowest BCUT2D eigenvalue weighted by atomic mass is 10.2. The Morgan fingerprint density at radius 1 is 1.07 bits per heavy atom. The van der Waals surface area contributed by atoms with E-state index in [-0.39, 0.29) is 22.5 Å². The normalized spacial score (nSPS) is 10.9. The van der Waals surface area contributed by atoms with Crippen LogP contribution in [0.3, 0.4) is 0 Å². The number of carbonyl (C=O) groups is 1.